The van der Waals surface area contributed by atoms with Crippen molar-refractivity contribution in [1.82, 2.24) is 14.9 Å². The van der Waals surface area contributed by atoms with Gasteiger partial charge in [0.2, 0.25) is 0 Å². The third kappa shape index (κ3) is 3.61. The summed E-state index contributed by atoms with van der Waals surface area (Å²) in [6.07, 6.45) is 4.02. The minimum absolute atomic E-state index is 0.346. The zero-order valence-electron chi connectivity index (χ0n) is 12.9. The van der Waals surface area contributed by atoms with E-state index in [1.54, 1.807) is 6.33 Å². The Morgan fingerprint density at radius 3 is 2.50 bits per heavy atom. The van der Waals surface area contributed by atoms with Gasteiger partial charge in [0.25, 0.3) is 0 Å². The molecule has 0 aromatic carbocycles. The van der Waals surface area contributed by atoms with Crippen molar-refractivity contribution in [3.8, 4) is 0 Å². The van der Waals surface area contributed by atoms with Crippen LogP contribution in [0, 0.1) is 5.92 Å². The maximum absolute atomic E-state index is 6.26. The molecule has 112 valence electrons. The molecule has 1 aromatic heterocycles. The van der Waals surface area contributed by atoms with Crippen LogP contribution in [0.25, 0.3) is 0 Å². The van der Waals surface area contributed by atoms with Gasteiger partial charge in [0.1, 0.15) is 17.3 Å². The average Bonchev–Trinajstić information content (AvgIpc) is 2.38. The van der Waals surface area contributed by atoms with Crippen LogP contribution >= 0.6 is 11.6 Å². The quantitative estimate of drug-likeness (QED) is 0.800. The fourth-order valence-corrected chi connectivity index (χ4v) is 3.30. The highest BCUT2D eigenvalue weighted by atomic mass is 35.5. The van der Waals surface area contributed by atoms with Crippen molar-refractivity contribution in [3.05, 3.63) is 17.0 Å². The van der Waals surface area contributed by atoms with E-state index in [4.69, 9.17) is 11.6 Å². The third-order valence-electron chi connectivity index (χ3n) is 3.93. The highest BCUT2D eigenvalue weighted by Gasteiger charge is 2.24. The molecular weight excluding hydrogens is 272 g/mol. The van der Waals surface area contributed by atoms with Gasteiger partial charge in [-0.2, -0.15) is 0 Å². The lowest BCUT2D eigenvalue weighted by Gasteiger charge is -2.35. The van der Waals surface area contributed by atoms with Crippen molar-refractivity contribution in [3.63, 3.8) is 0 Å². The van der Waals surface area contributed by atoms with E-state index in [0.29, 0.717) is 11.1 Å². The van der Waals surface area contributed by atoms with Crippen LogP contribution in [0.3, 0.4) is 0 Å². The molecule has 1 aliphatic rings. The summed E-state index contributed by atoms with van der Waals surface area (Å²) < 4.78 is 0. The molecule has 4 nitrogen and oxygen atoms in total. The van der Waals surface area contributed by atoms with Gasteiger partial charge in [-0.15, -0.1) is 0 Å². The minimum Gasteiger partial charge on any atom is -0.356 e. The average molecular weight is 297 g/mol. The molecule has 20 heavy (non-hydrogen) atoms. The molecule has 5 heteroatoms. The molecule has 0 N–H and O–H groups in total. The predicted octanol–water partition coefficient (Wildman–Crippen LogP) is 3.03. The SMILES string of the molecule is CC(C)c1c(Cl)ncnc1N1CCC(CN(C)C)CC1. The van der Waals surface area contributed by atoms with E-state index in [9.17, 15) is 0 Å². The molecule has 0 aliphatic carbocycles. The largest absolute Gasteiger partial charge is 0.356 e. The molecule has 1 aliphatic heterocycles. The highest BCUT2D eigenvalue weighted by molar-refractivity contribution is 6.30. The molecule has 1 saturated heterocycles. The summed E-state index contributed by atoms with van der Waals surface area (Å²) in [6, 6.07) is 0. The second kappa shape index (κ2) is 6.72. The Hall–Kier alpha value is -0.870. The Kier molecular flexibility index (Phi) is 5.22. The standard InChI is InChI=1S/C15H25ClN4/c1-11(2)13-14(16)17-10-18-15(13)20-7-5-12(6-8-20)9-19(3)4/h10-12H,5-9H2,1-4H3. The summed E-state index contributed by atoms with van der Waals surface area (Å²) in [5, 5.41) is 0.598. The molecule has 0 unspecified atom stereocenters. The van der Waals surface area contributed by atoms with Gasteiger partial charge in [-0.25, -0.2) is 9.97 Å². The molecule has 0 atom stereocenters. The number of hydrogen-bond acceptors (Lipinski definition) is 4. The molecule has 0 amide bonds. The Bertz CT molecular complexity index is 439. The van der Waals surface area contributed by atoms with E-state index in [0.717, 1.165) is 30.4 Å². The van der Waals surface area contributed by atoms with Crippen LogP contribution in [0.1, 0.15) is 38.2 Å². The van der Waals surface area contributed by atoms with Crippen LogP contribution in [0.15, 0.2) is 6.33 Å². The Morgan fingerprint density at radius 1 is 1.30 bits per heavy atom. The Balaban J connectivity index is 2.09. The minimum atomic E-state index is 0.346. The van der Waals surface area contributed by atoms with Crippen molar-refractivity contribution in [1.29, 1.82) is 0 Å². The molecule has 1 fully saturated rings. The zero-order valence-corrected chi connectivity index (χ0v) is 13.7. The van der Waals surface area contributed by atoms with Crippen molar-refractivity contribution in [2.24, 2.45) is 5.92 Å². The molecule has 0 bridgehead atoms. The van der Waals surface area contributed by atoms with Crippen LogP contribution in [0.5, 0.6) is 0 Å². The molecule has 0 radical (unpaired) electrons. The van der Waals surface area contributed by atoms with Gasteiger partial charge in [0.15, 0.2) is 0 Å². The first-order chi connectivity index (χ1) is 9.49. The maximum atomic E-state index is 6.26. The second-order valence-corrected chi connectivity index (χ2v) is 6.61. The van der Waals surface area contributed by atoms with Crippen molar-refractivity contribution < 1.29 is 0 Å². The first kappa shape index (κ1) is 15.5. The van der Waals surface area contributed by atoms with E-state index in [2.05, 4.69) is 47.7 Å². The van der Waals surface area contributed by atoms with Gasteiger partial charge in [-0.05, 0) is 38.8 Å². The van der Waals surface area contributed by atoms with E-state index in [-0.39, 0.29) is 0 Å². The summed E-state index contributed by atoms with van der Waals surface area (Å²) in [4.78, 5) is 13.3. The predicted molar refractivity (Wildman–Crippen MR) is 84.6 cm³/mol. The molecule has 2 rings (SSSR count). The van der Waals surface area contributed by atoms with Gasteiger partial charge in [0, 0.05) is 25.2 Å². The summed E-state index contributed by atoms with van der Waals surface area (Å²) in [5.41, 5.74) is 1.08. The van der Waals surface area contributed by atoms with E-state index < -0.39 is 0 Å². The number of aromatic nitrogens is 2. The summed E-state index contributed by atoms with van der Waals surface area (Å²) in [5.74, 6) is 2.17. The van der Waals surface area contributed by atoms with Gasteiger partial charge >= 0.3 is 0 Å². The summed E-state index contributed by atoms with van der Waals surface area (Å²) in [7, 11) is 4.29. The molecule has 1 aromatic rings. The van der Waals surface area contributed by atoms with Crippen LogP contribution in [-0.4, -0.2) is 48.6 Å². The Labute approximate surface area is 127 Å². The van der Waals surface area contributed by atoms with Gasteiger partial charge in [-0.1, -0.05) is 25.4 Å². The smallest absolute Gasteiger partial charge is 0.138 e. The van der Waals surface area contributed by atoms with Crippen molar-refractivity contribution >= 4 is 17.4 Å². The lowest BCUT2D eigenvalue weighted by atomic mass is 9.95. The van der Waals surface area contributed by atoms with Gasteiger partial charge in [0.05, 0.1) is 0 Å². The lowest BCUT2D eigenvalue weighted by molar-refractivity contribution is 0.284. The van der Waals surface area contributed by atoms with E-state index in [1.807, 2.05) is 0 Å². The zero-order chi connectivity index (χ0) is 14.7. The van der Waals surface area contributed by atoms with Crippen molar-refractivity contribution in [2.75, 3.05) is 38.6 Å². The first-order valence-corrected chi connectivity index (χ1v) is 7.77. The fraction of sp³-hybridized carbons (Fsp3) is 0.733. The van der Waals surface area contributed by atoms with Crippen LogP contribution in [-0.2, 0) is 0 Å². The highest BCUT2D eigenvalue weighted by Crippen LogP contribution is 2.32. The molecular formula is C15H25ClN4. The summed E-state index contributed by atoms with van der Waals surface area (Å²) in [6.45, 7) is 7.59. The molecule has 0 spiro atoms. The van der Waals surface area contributed by atoms with Gasteiger partial charge < -0.3 is 9.80 Å². The van der Waals surface area contributed by atoms with Gasteiger partial charge in [-0.3, -0.25) is 0 Å². The normalized spacial score (nSPS) is 17.2. The monoisotopic (exact) mass is 296 g/mol. The van der Waals surface area contributed by atoms with Crippen molar-refractivity contribution in [2.45, 2.75) is 32.6 Å². The molecule has 0 saturated carbocycles. The number of rotatable bonds is 4. The van der Waals surface area contributed by atoms with E-state index >= 15 is 0 Å². The number of nitrogens with zero attached hydrogens (tertiary/aromatic N) is 4. The Morgan fingerprint density at radius 2 is 1.95 bits per heavy atom. The second-order valence-electron chi connectivity index (χ2n) is 6.25. The topological polar surface area (TPSA) is 32.3 Å². The maximum Gasteiger partial charge on any atom is 0.138 e. The lowest BCUT2D eigenvalue weighted by Crippen LogP contribution is -2.38. The van der Waals surface area contributed by atoms with Crippen LogP contribution in [0.4, 0.5) is 5.82 Å². The third-order valence-corrected chi connectivity index (χ3v) is 4.23. The van der Waals surface area contributed by atoms with Crippen LogP contribution in [0.2, 0.25) is 5.15 Å². The summed E-state index contributed by atoms with van der Waals surface area (Å²) >= 11 is 6.26. The number of anilines is 1. The fourth-order valence-electron chi connectivity index (χ4n) is 2.96. The number of piperidine rings is 1. The first-order valence-electron chi connectivity index (χ1n) is 7.39. The number of hydrogen-bond donors (Lipinski definition) is 0. The van der Waals surface area contributed by atoms with Crippen LogP contribution < -0.4 is 4.90 Å². The number of halogens is 1. The molecule has 2 heterocycles. The van der Waals surface area contributed by atoms with E-state index in [1.165, 1.54) is 19.4 Å².